The molecule has 5 aromatic rings. The van der Waals surface area contributed by atoms with Gasteiger partial charge in [0.25, 0.3) is 0 Å². The number of carboxylic acid groups (broad SMARTS) is 1. The van der Waals surface area contributed by atoms with Crippen molar-refractivity contribution in [1.29, 1.82) is 0 Å². The lowest BCUT2D eigenvalue weighted by Crippen LogP contribution is -2.31. The molecule has 0 spiro atoms. The van der Waals surface area contributed by atoms with Crippen LogP contribution in [0.1, 0.15) is 77.1 Å². The number of aliphatic hydroxyl groups excluding tert-OH is 1. The van der Waals surface area contributed by atoms with E-state index in [0.717, 1.165) is 38.3 Å². The zero-order chi connectivity index (χ0) is 38.6. The molecule has 55 heavy (non-hydrogen) atoms. The number of para-hydroxylation sites is 2. The van der Waals surface area contributed by atoms with Gasteiger partial charge in [-0.1, -0.05) is 78.9 Å². The van der Waals surface area contributed by atoms with E-state index in [4.69, 9.17) is 15.2 Å². The van der Waals surface area contributed by atoms with Crippen LogP contribution in [0.25, 0.3) is 11.1 Å². The lowest BCUT2D eigenvalue weighted by atomic mass is 9.99. The predicted molar refractivity (Wildman–Crippen MR) is 214 cm³/mol. The number of nitrogen functional groups attached to an aromatic ring is 1. The molecule has 284 valence electrons. The van der Waals surface area contributed by atoms with Gasteiger partial charge in [0, 0.05) is 42.0 Å². The largest absolute Gasteiger partial charge is 0.478 e. The number of aliphatic hydroxyl groups is 1. The Morgan fingerprint density at radius 3 is 2.16 bits per heavy atom. The summed E-state index contributed by atoms with van der Waals surface area (Å²) in [6.45, 7) is 0.364. The Balaban J connectivity index is 1.03. The summed E-state index contributed by atoms with van der Waals surface area (Å²) < 4.78 is 13.0. The number of ether oxygens (including phenoxy) is 2. The molecule has 3 atom stereocenters. The number of hydrogen-bond donors (Lipinski definition) is 5. The van der Waals surface area contributed by atoms with Crippen molar-refractivity contribution in [3.63, 3.8) is 0 Å². The van der Waals surface area contributed by atoms with Crippen molar-refractivity contribution >= 4 is 40.9 Å². The molecule has 0 aromatic heterocycles. The maximum Gasteiger partial charge on any atom is 0.335 e. The molecule has 1 saturated heterocycles. The summed E-state index contributed by atoms with van der Waals surface area (Å²) >= 11 is 1.61. The van der Waals surface area contributed by atoms with Gasteiger partial charge < -0.3 is 36.1 Å². The van der Waals surface area contributed by atoms with E-state index in [2.05, 4.69) is 16.7 Å². The Labute approximate surface area is 325 Å². The molecule has 11 heteroatoms. The molecule has 1 fully saturated rings. The van der Waals surface area contributed by atoms with Crippen molar-refractivity contribution in [2.75, 3.05) is 16.8 Å². The number of carboxylic acids is 1. The van der Waals surface area contributed by atoms with Crippen LogP contribution in [0.15, 0.2) is 126 Å². The SMILES string of the molecule is Nc1ccccc1NC(=O)CCCCC(=O)NCc1cccc(-c2ccc([C@@H]3O[C@H](CSc4ccc(C(=O)O)cc4)C[C@H](c4ccc(CO)cc4)O3)cc2)c1. The molecule has 0 bridgehead atoms. The van der Waals surface area contributed by atoms with Crippen molar-refractivity contribution in [2.24, 2.45) is 0 Å². The zero-order valence-corrected chi connectivity index (χ0v) is 31.2. The van der Waals surface area contributed by atoms with E-state index < -0.39 is 12.3 Å². The van der Waals surface area contributed by atoms with Gasteiger partial charge >= 0.3 is 5.97 Å². The molecular weight excluding hydrogens is 715 g/mol. The highest BCUT2D eigenvalue weighted by Gasteiger charge is 2.32. The van der Waals surface area contributed by atoms with Crippen molar-refractivity contribution in [2.45, 2.75) is 68.6 Å². The predicted octanol–water partition coefficient (Wildman–Crippen LogP) is 8.28. The summed E-state index contributed by atoms with van der Waals surface area (Å²) in [5, 5.41) is 24.6. The summed E-state index contributed by atoms with van der Waals surface area (Å²) in [6, 6.07) is 37.9. The normalized spacial score (nSPS) is 16.6. The van der Waals surface area contributed by atoms with Crippen LogP contribution in [0.2, 0.25) is 0 Å². The van der Waals surface area contributed by atoms with Crippen LogP contribution in [0.4, 0.5) is 11.4 Å². The molecule has 0 aliphatic carbocycles. The number of amides is 2. The van der Waals surface area contributed by atoms with Crippen molar-refractivity contribution in [3.8, 4) is 11.1 Å². The Hall–Kier alpha value is -5.46. The molecule has 6 N–H and O–H groups in total. The van der Waals surface area contributed by atoms with Gasteiger partial charge in [-0.05, 0) is 83.1 Å². The molecule has 1 aliphatic heterocycles. The first-order valence-electron chi connectivity index (χ1n) is 18.3. The van der Waals surface area contributed by atoms with Gasteiger partial charge in [-0.2, -0.15) is 0 Å². The minimum atomic E-state index is -0.955. The van der Waals surface area contributed by atoms with E-state index in [1.54, 1.807) is 36.0 Å². The molecule has 1 aliphatic rings. The number of unbranched alkanes of at least 4 members (excludes halogenated alkanes) is 1. The molecule has 6 rings (SSSR count). The number of anilines is 2. The highest BCUT2D eigenvalue weighted by Crippen LogP contribution is 2.40. The number of nitrogens with two attached hydrogens (primary N) is 1. The van der Waals surface area contributed by atoms with E-state index in [1.165, 1.54) is 0 Å². The number of carbonyl (C=O) groups excluding carboxylic acids is 2. The summed E-state index contributed by atoms with van der Waals surface area (Å²) in [5.74, 6) is -0.492. The second-order valence-corrected chi connectivity index (χ2v) is 14.5. The number of nitrogens with one attached hydrogen (secondary N) is 2. The summed E-state index contributed by atoms with van der Waals surface area (Å²) in [6.07, 6.45) is 1.50. The first kappa shape index (κ1) is 39.2. The highest BCUT2D eigenvalue weighted by molar-refractivity contribution is 7.99. The van der Waals surface area contributed by atoms with Crippen LogP contribution < -0.4 is 16.4 Å². The first-order chi connectivity index (χ1) is 26.7. The number of benzene rings is 5. The van der Waals surface area contributed by atoms with Gasteiger partial charge in [0.1, 0.15) is 0 Å². The molecule has 1 heterocycles. The lowest BCUT2D eigenvalue weighted by molar-refractivity contribution is -0.245. The van der Waals surface area contributed by atoms with Gasteiger partial charge in [0.15, 0.2) is 6.29 Å². The average molecular weight is 760 g/mol. The van der Waals surface area contributed by atoms with Crippen molar-refractivity contribution in [1.82, 2.24) is 5.32 Å². The van der Waals surface area contributed by atoms with Crippen molar-refractivity contribution in [3.05, 3.63) is 149 Å². The highest BCUT2D eigenvalue weighted by atomic mass is 32.2. The summed E-state index contributed by atoms with van der Waals surface area (Å²) in [5.41, 5.74) is 13.0. The third-order valence-corrected chi connectivity index (χ3v) is 10.5. The topological polar surface area (TPSA) is 160 Å². The quantitative estimate of drug-likeness (QED) is 0.0379. The van der Waals surface area contributed by atoms with Gasteiger partial charge in [-0.3, -0.25) is 9.59 Å². The van der Waals surface area contributed by atoms with Gasteiger partial charge in [-0.15, -0.1) is 11.8 Å². The fourth-order valence-electron chi connectivity index (χ4n) is 6.28. The van der Waals surface area contributed by atoms with Crippen LogP contribution in [-0.2, 0) is 32.2 Å². The minimum Gasteiger partial charge on any atom is -0.478 e. The maximum atomic E-state index is 12.6. The Morgan fingerprint density at radius 2 is 1.45 bits per heavy atom. The zero-order valence-electron chi connectivity index (χ0n) is 30.4. The summed E-state index contributed by atoms with van der Waals surface area (Å²) in [7, 11) is 0. The van der Waals surface area contributed by atoms with Crippen LogP contribution in [0, 0.1) is 0 Å². The lowest BCUT2D eigenvalue weighted by Gasteiger charge is -2.36. The monoisotopic (exact) mass is 759 g/mol. The first-order valence-corrected chi connectivity index (χ1v) is 19.3. The fourth-order valence-corrected chi connectivity index (χ4v) is 7.20. The van der Waals surface area contributed by atoms with Crippen molar-refractivity contribution < 1.29 is 34.1 Å². The molecule has 2 amide bonds. The third-order valence-electron chi connectivity index (χ3n) is 9.38. The minimum absolute atomic E-state index is 0.0308. The van der Waals surface area contributed by atoms with Gasteiger partial charge in [0.05, 0.1) is 35.8 Å². The standard InChI is InChI=1S/C44H45N3O7S/c45-38-8-1-2-9-39(38)47-42(50)11-4-3-10-41(49)46-26-30-6-5-7-35(24-30)31-16-18-34(19-17-31)44-53-36(28-55-37-22-20-33(21-23-37)43(51)52)25-40(54-44)32-14-12-29(27-48)13-15-32/h1-2,5-9,12-24,36,40,44,48H,3-4,10-11,25-28,45H2,(H,46,49)(H,47,50)(H,51,52)/t36-,40+,44+/m0/s1. The fraction of sp³-hybridized carbons (Fsp3) is 0.250. The molecule has 5 aromatic carbocycles. The van der Waals surface area contributed by atoms with E-state index in [0.29, 0.717) is 55.8 Å². The van der Waals surface area contributed by atoms with Crippen LogP contribution in [0.5, 0.6) is 0 Å². The average Bonchev–Trinajstić information content (AvgIpc) is 3.22. The van der Waals surface area contributed by atoms with Crippen LogP contribution in [0.3, 0.4) is 0 Å². The van der Waals surface area contributed by atoms with E-state index in [9.17, 15) is 24.6 Å². The Bertz CT molecular complexity index is 2060. The molecule has 0 unspecified atom stereocenters. The second-order valence-electron chi connectivity index (χ2n) is 13.4. The smallest absolute Gasteiger partial charge is 0.335 e. The number of carbonyl (C=O) groups is 3. The Kier molecular flexibility index (Phi) is 13.7. The van der Waals surface area contributed by atoms with E-state index >= 15 is 0 Å². The number of rotatable bonds is 16. The molecule has 0 saturated carbocycles. The second kappa shape index (κ2) is 19.2. The van der Waals surface area contributed by atoms with Gasteiger partial charge in [-0.25, -0.2) is 4.79 Å². The van der Waals surface area contributed by atoms with E-state index in [1.807, 2.05) is 91.0 Å². The Morgan fingerprint density at radius 1 is 0.745 bits per heavy atom. The summed E-state index contributed by atoms with van der Waals surface area (Å²) in [4.78, 5) is 37.1. The molecule has 0 radical (unpaired) electrons. The maximum absolute atomic E-state index is 12.6. The third kappa shape index (κ3) is 11.3. The van der Waals surface area contributed by atoms with Crippen LogP contribution in [-0.4, -0.2) is 39.9 Å². The number of hydrogen-bond acceptors (Lipinski definition) is 8. The molecule has 10 nitrogen and oxygen atoms in total. The van der Waals surface area contributed by atoms with E-state index in [-0.39, 0.29) is 36.2 Å². The number of aromatic carboxylic acids is 1. The van der Waals surface area contributed by atoms with Crippen LogP contribution >= 0.6 is 11.8 Å². The molecular formula is C44H45N3O7S. The van der Waals surface area contributed by atoms with Gasteiger partial charge in [0.2, 0.25) is 11.8 Å². The number of thioether (sulfide) groups is 1.